The van der Waals surface area contributed by atoms with Gasteiger partial charge in [0.2, 0.25) is 5.03 Å². The Morgan fingerprint density at radius 2 is 2.06 bits per heavy atom. The molecule has 98 valence electrons. The lowest BCUT2D eigenvalue weighted by atomic mass is 10.6. The summed E-state index contributed by atoms with van der Waals surface area (Å²) >= 11 is 5.83. The molecule has 8 nitrogen and oxygen atoms in total. The van der Waals surface area contributed by atoms with Gasteiger partial charge in [-0.3, -0.25) is 0 Å². The highest BCUT2D eigenvalue weighted by molar-refractivity contribution is 7.89. The first-order valence-corrected chi connectivity index (χ1v) is 6.77. The Hall–Kier alpha value is -1.45. The predicted octanol–water partition coefficient (Wildman–Crippen LogP) is -0.320. The van der Waals surface area contributed by atoms with Crippen LogP contribution in [0.2, 0.25) is 5.15 Å². The smallest absolute Gasteiger partial charge is 0.261 e. The van der Waals surface area contributed by atoms with Crippen molar-refractivity contribution in [3.63, 3.8) is 0 Å². The Morgan fingerprint density at radius 3 is 2.56 bits per heavy atom. The second kappa shape index (κ2) is 4.67. The summed E-state index contributed by atoms with van der Waals surface area (Å²) in [6.45, 7) is 0.0196. The van der Waals surface area contributed by atoms with E-state index in [-0.39, 0.29) is 16.7 Å². The van der Waals surface area contributed by atoms with Gasteiger partial charge >= 0.3 is 0 Å². The maximum absolute atomic E-state index is 11.9. The van der Waals surface area contributed by atoms with E-state index in [0.717, 1.165) is 0 Å². The third-order valence-corrected chi connectivity index (χ3v) is 4.20. The van der Waals surface area contributed by atoms with Crippen molar-refractivity contribution in [2.75, 3.05) is 0 Å². The van der Waals surface area contributed by atoms with Crippen LogP contribution in [0.4, 0.5) is 0 Å². The number of nitrogens with zero attached hydrogens (tertiary/aromatic N) is 5. The molecule has 1 N–H and O–H groups in total. The zero-order valence-electron chi connectivity index (χ0n) is 9.70. The van der Waals surface area contributed by atoms with Gasteiger partial charge in [0.25, 0.3) is 10.0 Å². The zero-order valence-corrected chi connectivity index (χ0v) is 11.3. The van der Waals surface area contributed by atoms with Crippen LogP contribution in [0.1, 0.15) is 5.82 Å². The average molecular weight is 291 g/mol. The van der Waals surface area contributed by atoms with Crippen LogP contribution < -0.4 is 4.72 Å². The first kappa shape index (κ1) is 13.0. The van der Waals surface area contributed by atoms with Crippen LogP contribution in [-0.4, -0.2) is 32.7 Å². The molecule has 0 aromatic carbocycles. The molecule has 0 atom stereocenters. The quantitative estimate of drug-likeness (QED) is 0.833. The summed E-state index contributed by atoms with van der Waals surface area (Å²) in [7, 11) is -0.430. The number of imidazole rings is 1. The van der Waals surface area contributed by atoms with Gasteiger partial charge in [-0.25, -0.2) is 18.1 Å². The lowest BCUT2D eigenvalue weighted by Gasteiger charge is -2.04. The molecule has 0 bridgehead atoms. The Balaban J connectivity index is 2.18. The fourth-order valence-corrected chi connectivity index (χ4v) is 2.67. The minimum atomic E-state index is -3.76. The number of rotatable bonds is 4. The fraction of sp³-hybridized carbons (Fsp3) is 0.375. The van der Waals surface area contributed by atoms with Crippen LogP contribution in [0.5, 0.6) is 0 Å². The first-order chi connectivity index (χ1) is 8.42. The number of hydrogen-bond acceptors (Lipinski definition) is 5. The Kier molecular flexibility index (Phi) is 3.37. The minimum Gasteiger partial charge on any atom is -0.324 e. The lowest BCUT2D eigenvalue weighted by molar-refractivity contribution is 0.574. The highest BCUT2D eigenvalue weighted by atomic mass is 35.5. The van der Waals surface area contributed by atoms with Gasteiger partial charge in [0.15, 0.2) is 0 Å². The van der Waals surface area contributed by atoms with E-state index < -0.39 is 10.0 Å². The normalized spacial score (nSPS) is 11.9. The van der Waals surface area contributed by atoms with Gasteiger partial charge < -0.3 is 9.13 Å². The third kappa shape index (κ3) is 2.37. The van der Waals surface area contributed by atoms with Crippen molar-refractivity contribution < 1.29 is 8.42 Å². The average Bonchev–Trinajstić information content (AvgIpc) is 2.85. The van der Waals surface area contributed by atoms with E-state index in [1.54, 1.807) is 18.7 Å². The predicted molar refractivity (Wildman–Crippen MR) is 63.2 cm³/mol. The van der Waals surface area contributed by atoms with Crippen molar-refractivity contribution in [1.82, 2.24) is 29.0 Å². The molecule has 18 heavy (non-hydrogen) atoms. The molecule has 0 aliphatic carbocycles. The molecular formula is C8H11ClN6O2S. The second-order valence-corrected chi connectivity index (χ2v) is 5.67. The van der Waals surface area contributed by atoms with Gasteiger partial charge in [-0.2, -0.15) is 0 Å². The zero-order chi connectivity index (χ0) is 13.3. The molecule has 0 saturated carbocycles. The van der Waals surface area contributed by atoms with Crippen LogP contribution in [0.15, 0.2) is 17.7 Å². The van der Waals surface area contributed by atoms with E-state index in [1.807, 2.05) is 0 Å². The van der Waals surface area contributed by atoms with E-state index in [4.69, 9.17) is 11.6 Å². The van der Waals surface area contributed by atoms with Gasteiger partial charge in [-0.1, -0.05) is 11.6 Å². The first-order valence-electron chi connectivity index (χ1n) is 4.91. The van der Waals surface area contributed by atoms with E-state index in [9.17, 15) is 8.42 Å². The molecule has 10 heteroatoms. The molecule has 0 spiro atoms. The second-order valence-electron chi connectivity index (χ2n) is 3.63. The van der Waals surface area contributed by atoms with Crippen molar-refractivity contribution in [2.45, 2.75) is 11.6 Å². The Labute approximate surface area is 109 Å². The largest absolute Gasteiger partial charge is 0.324 e. The highest BCUT2D eigenvalue weighted by Crippen LogP contribution is 2.18. The summed E-state index contributed by atoms with van der Waals surface area (Å²) in [5.74, 6) is 0.491. The number of hydrogen-bond donors (Lipinski definition) is 1. The Bertz CT molecular complexity index is 661. The summed E-state index contributed by atoms with van der Waals surface area (Å²) in [5.41, 5.74) is 0. The topological polar surface area (TPSA) is 94.7 Å². The summed E-state index contributed by atoms with van der Waals surface area (Å²) in [4.78, 5) is 3.75. The maximum Gasteiger partial charge on any atom is 0.261 e. The third-order valence-electron chi connectivity index (χ3n) is 2.31. The van der Waals surface area contributed by atoms with E-state index >= 15 is 0 Å². The minimum absolute atomic E-state index is 0.0196. The van der Waals surface area contributed by atoms with Crippen LogP contribution >= 0.6 is 11.6 Å². The van der Waals surface area contributed by atoms with Gasteiger partial charge in [-0.05, 0) is 0 Å². The van der Waals surface area contributed by atoms with Gasteiger partial charge in [0.05, 0.1) is 12.9 Å². The van der Waals surface area contributed by atoms with Crippen LogP contribution in [0, 0.1) is 0 Å². The Morgan fingerprint density at radius 1 is 1.33 bits per heavy atom. The fourth-order valence-electron chi connectivity index (χ4n) is 1.27. The number of aromatic nitrogens is 5. The lowest BCUT2D eigenvalue weighted by Crippen LogP contribution is -2.25. The SMILES string of the molecule is Cn1cnnc1CNS(=O)(=O)c1ncn(C)c1Cl. The molecule has 0 unspecified atom stereocenters. The standard InChI is InChI=1S/C8H11ClN6O2S/c1-14-5-11-13-6(14)3-12-18(16,17)8-7(9)15(2)4-10-8/h4-5,12H,3H2,1-2H3. The number of sulfonamides is 1. The van der Waals surface area contributed by atoms with Crippen molar-refractivity contribution in [1.29, 1.82) is 0 Å². The summed E-state index contributed by atoms with van der Waals surface area (Å²) < 4.78 is 29.3. The molecule has 0 aliphatic heterocycles. The molecular weight excluding hydrogens is 280 g/mol. The van der Waals surface area contributed by atoms with Crippen molar-refractivity contribution >= 4 is 21.6 Å². The highest BCUT2D eigenvalue weighted by Gasteiger charge is 2.22. The molecule has 2 aromatic rings. The molecule has 0 amide bonds. The molecule has 0 aliphatic rings. The van der Waals surface area contributed by atoms with Gasteiger partial charge in [0.1, 0.15) is 17.3 Å². The molecule has 0 fully saturated rings. The number of halogens is 1. The van der Waals surface area contributed by atoms with Crippen molar-refractivity contribution in [3.8, 4) is 0 Å². The van der Waals surface area contributed by atoms with Crippen LogP contribution in [0.3, 0.4) is 0 Å². The van der Waals surface area contributed by atoms with E-state index in [2.05, 4.69) is 19.9 Å². The van der Waals surface area contributed by atoms with Gasteiger partial charge in [-0.15, -0.1) is 10.2 Å². The van der Waals surface area contributed by atoms with Crippen LogP contribution in [0.25, 0.3) is 0 Å². The van der Waals surface area contributed by atoms with Gasteiger partial charge in [0, 0.05) is 14.1 Å². The van der Waals surface area contributed by atoms with E-state index in [0.29, 0.717) is 5.82 Å². The number of nitrogens with one attached hydrogen (secondary N) is 1. The van der Waals surface area contributed by atoms with Crippen LogP contribution in [-0.2, 0) is 30.7 Å². The van der Waals surface area contributed by atoms with Crippen molar-refractivity contribution in [3.05, 3.63) is 23.6 Å². The summed E-state index contributed by atoms with van der Waals surface area (Å²) in [6, 6.07) is 0. The maximum atomic E-state index is 11.9. The molecule has 2 aromatic heterocycles. The van der Waals surface area contributed by atoms with Crippen molar-refractivity contribution in [2.24, 2.45) is 14.1 Å². The molecule has 0 saturated heterocycles. The van der Waals surface area contributed by atoms with E-state index in [1.165, 1.54) is 17.2 Å². The number of aryl methyl sites for hydroxylation is 2. The molecule has 0 radical (unpaired) electrons. The summed E-state index contributed by atoms with van der Waals surface area (Å²) in [5, 5.41) is 7.27. The molecule has 2 heterocycles. The molecule has 2 rings (SSSR count). The monoisotopic (exact) mass is 290 g/mol. The summed E-state index contributed by atoms with van der Waals surface area (Å²) in [6.07, 6.45) is 2.82.